The van der Waals surface area contributed by atoms with Crippen molar-refractivity contribution < 1.29 is 4.79 Å². The molecule has 1 heterocycles. The molecule has 0 aliphatic carbocycles. The Hall–Kier alpha value is -2.16. The first-order valence-electron chi connectivity index (χ1n) is 5.29. The number of carbonyl (C=O) groups excluding carboxylic acids is 1. The summed E-state index contributed by atoms with van der Waals surface area (Å²) in [4.78, 5) is 20.7. The van der Waals surface area contributed by atoms with Crippen LogP contribution in [0.25, 0.3) is 0 Å². The van der Waals surface area contributed by atoms with Gasteiger partial charge in [0.2, 0.25) is 5.91 Å². The van der Waals surface area contributed by atoms with Crippen molar-refractivity contribution in [3.8, 4) is 6.07 Å². The van der Waals surface area contributed by atoms with E-state index < -0.39 is 5.91 Å². The van der Waals surface area contributed by atoms with Crippen LogP contribution in [-0.2, 0) is 4.79 Å². The van der Waals surface area contributed by atoms with Crippen molar-refractivity contribution in [3.05, 3.63) is 18.1 Å². The molecule has 0 spiro atoms. The molecule has 0 unspecified atom stereocenters. The molecule has 6 heteroatoms. The summed E-state index contributed by atoms with van der Waals surface area (Å²) in [6, 6.07) is 1.96. The van der Waals surface area contributed by atoms with Crippen LogP contribution < -0.4 is 10.6 Å². The summed E-state index contributed by atoms with van der Waals surface area (Å²) in [6.07, 6.45) is 2.93. The Morgan fingerprint density at radius 3 is 2.71 bits per heavy atom. The normalized spacial score (nSPS) is 10.0. The fraction of sp³-hybridized carbons (Fsp3) is 0.455. The number of nitrogens with zero attached hydrogens (tertiary/aromatic N) is 4. The third-order valence-electron chi connectivity index (χ3n) is 2.02. The molecule has 1 aromatic heterocycles. The molecule has 90 valence electrons. The maximum absolute atomic E-state index is 11.0. The Morgan fingerprint density at radius 1 is 1.53 bits per heavy atom. The number of aromatic nitrogens is 2. The molecule has 1 amide bonds. The third-order valence-corrected chi connectivity index (χ3v) is 2.02. The summed E-state index contributed by atoms with van der Waals surface area (Å²) in [5, 5.41) is 8.94. The van der Waals surface area contributed by atoms with Gasteiger partial charge in [-0.3, -0.25) is 4.79 Å². The maximum Gasteiger partial charge on any atom is 0.237 e. The van der Waals surface area contributed by atoms with Gasteiger partial charge in [-0.2, -0.15) is 5.26 Å². The van der Waals surface area contributed by atoms with E-state index in [0.29, 0.717) is 18.3 Å². The first-order chi connectivity index (χ1) is 8.04. The van der Waals surface area contributed by atoms with Gasteiger partial charge in [0.1, 0.15) is 6.07 Å². The van der Waals surface area contributed by atoms with Gasteiger partial charge in [0.05, 0.1) is 6.54 Å². The average Bonchev–Trinajstić information content (AvgIpc) is 2.27. The van der Waals surface area contributed by atoms with E-state index in [9.17, 15) is 4.79 Å². The van der Waals surface area contributed by atoms with Crippen LogP contribution in [0.3, 0.4) is 0 Å². The van der Waals surface area contributed by atoms with Crippen LogP contribution in [0.2, 0.25) is 0 Å². The number of nitrogens with two attached hydrogens (primary N) is 1. The number of primary amides is 1. The van der Waals surface area contributed by atoms with Gasteiger partial charge in [-0.15, -0.1) is 0 Å². The quantitative estimate of drug-likeness (QED) is 0.788. The van der Waals surface area contributed by atoms with E-state index in [1.54, 1.807) is 4.90 Å². The molecule has 0 bridgehead atoms. The van der Waals surface area contributed by atoms with E-state index >= 15 is 0 Å². The summed E-state index contributed by atoms with van der Waals surface area (Å²) in [7, 11) is 0. The van der Waals surface area contributed by atoms with E-state index in [-0.39, 0.29) is 12.2 Å². The molecule has 0 saturated carbocycles. The molecule has 0 atom stereocenters. The van der Waals surface area contributed by atoms with Crippen LogP contribution in [0.4, 0.5) is 5.82 Å². The molecule has 0 radical (unpaired) electrons. The summed E-state index contributed by atoms with van der Waals surface area (Å²) < 4.78 is 0. The second-order valence-electron chi connectivity index (χ2n) is 4.08. The number of hydrogen-bond acceptors (Lipinski definition) is 5. The average molecular weight is 233 g/mol. The molecule has 2 N–H and O–H groups in total. The molecular weight excluding hydrogens is 218 g/mol. The Kier molecular flexibility index (Phi) is 4.40. The largest absolute Gasteiger partial charge is 0.368 e. The van der Waals surface area contributed by atoms with Gasteiger partial charge < -0.3 is 10.6 Å². The van der Waals surface area contributed by atoms with Gasteiger partial charge >= 0.3 is 0 Å². The number of hydrogen-bond donors (Lipinski definition) is 1. The number of amides is 1. The van der Waals surface area contributed by atoms with Crippen LogP contribution in [0.1, 0.15) is 19.5 Å². The molecular formula is C11H15N5O. The van der Waals surface area contributed by atoms with Crippen molar-refractivity contribution in [1.82, 2.24) is 9.97 Å². The molecule has 0 saturated heterocycles. The fourth-order valence-corrected chi connectivity index (χ4v) is 1.50. The Balaban J connectivity index is 3.03. The van der Waals surface area contributed by atoms with Gasteiger partial charge in [-0.25, -0.2) is 9.97 Å². The Morgan fingerprint density at radius 2 is 2.18 bits per heavy atom. The monoisotopic (exact) mass is 233 g/mol. The fourth-order valence-electron chi connectivity index (χ4n) is 1.50. The van der Waals surface area contributed by atoms with Crippen molar-refractivity contribution in [2.75, 3.05) is 18.0 Å². The molecule has 0 aliphatic rings. The van der Waals surface area contributed by atoms with Gasteiger partial charge in [0.25, 0.3) is 0 Å². The number of rotatable bonds is 5. The predicted octanol–water partition coefficient (Wildman–Crippen LogP) is 0.296. The smallest absolute Gasteiger partial charge is 0.237 e. The molecule has 1 rings (SSSR count). The molecule has 0 fully saturated rings. The van der Waals surface area contributed by atoms with Crippen molar-refractivity contribution in [3.63, 3.8) is 0 Å². The Bertz CT molecular complexity index is 438. The zero-order valence-corrected chi connectivity index (χ0v) is 9.92. The minimum absolute atomic E-state index is 0.0333. The van der Waals surface area contributed by atoms with Crippen LogP contribution in [0.15, 0.2) is 12.4 Å². The maximum atomic E-state index is 11.0. The van der Waals surface area contributed by atoms with Crippen LogP contribution in [0, 0.1) is 17.2 Å². The van der Waals surface area contributed by atoms with Crippen molar-refractivity contribution >= 4 is 11.7 Å². The lowest BCUT2D eigenvalue weighted by Crippen LogP contribution is -2.37. The number of nitriles is 1. The lowest BCUT2D eigenvalue weighted by molar-refractivity contribution is -0.116. The molecule has 17 heavy (non-hydrogen) atoms. The zero-order chi connectivity index (χ0) is 12.8. The first kappa shape index (κ1) is 12.9. The highest BCUT2D eigenvalue weighted by Crippen LogP contribution is 2.15. The number of carbonyl (C=O) groups is 1. The van der Waals surface area contributed by atoms with Gasteiger partial charge in [-0.05, 0) is 5.92 Å². The van der Waals surface area contributed by atoms with E-state index in [0.717, 1.165) is 0 Å². The highest BCUT2D eigenvalue weighted by Gasteiger charge is 2.16. The molecule has 0 aliphatic heterocycles. The second kappa shape index (κ2) is 5.80. The SMILES string of the molecule is CC(C)CN(CC(N)=O)c1nccnc1C#N. The van der Waals surface area contributed by atoms with Gasteiger partial charge in [0.15, 0.2) is 11.5 Å². The van der Waals surface area contributed by atoms with Crippen LogP contribution in [-0.4, -0.2) is 29.0 Å². The lowest BCUT2D eigenvalue weighted by atomic mass is 10.2. The van der Waals surface area contributed by atoms with E-state index in [1.807, 2.05) is 19.9 Å². The zero-order valence-electron chi connectivity index (χ0n) is 9.92. The standard InChI is InChI=1S/C11H15N5O/c1-8(2)6-16(7-10(13)17)11-9(5-12)14-3-4-15-11/h3-4,8H,6-7H2,1-2H3,(H2,13,17). The molecule has 0 aromatic carbocycles. The summed E-state index contributed by atoms with van der Waals surface area (Å²) in [6.45, 7) is 4.65. The predicted molar refractivity (Wildman–Crippen MR) is 63.0 cm³/mol. The highest BCUT2D eigenvalue weighted by molar-refractivity contribution is 5.79. The van der Waals surface area contributed by atoms with E-state index in [1.165, 1.54) is 12.4 Å². The van der Waals surface area contributed by atoms with Gasteiger partial charge in [-0.1, -0.05) is 13.8 Å². The lowest BCUT2D eigenvalue weighted by Gasteiger charge is -2.24. The van der Waals surface area contributed by atoms with Crippen molar-refractivity contribution in [2.24, 2.45) is 11.7 Å². The first-order valence-corrected chi connectivity index (χ1v) is 5.29. The summed E-state index contributed by atoms with van der Waals surface area (Å²) >= 11 is 0. The van der Waals surface area contributed by atoms with Crippen LogP contribution in [0.5, 0.6) is 0 Å². The second-order valence-corrected chi connectivity index (χ2v) is 4.08. The highest BCUT2D eigenvalue weighted by atomic mass is 16.1. The van der Waals surface area contributed by atoms with Crippen molar-refractivity contribution in [2.45, 2.75) is 13.8 Å². The van der Waals surface area contributed by atoms with E-state index in [4.69, 9.17) is 11.0 Å². The summed E-state index contributed by atoms with van der Waals surface area (Å²) in [5.41, 5.74) is 5.39. The topological polar surface area (TPSA) is 95.9 Å². The number of anilines is 1. The summed E-state index contributed by atoms with van der Waals surface area (Å²) in [5.74, 6) is 0.269. The van der Waals surface area contributed by atoms with E-state index in [2.05, 4.69) is 9.97 Å². The Labute approximate surface area is 100 Å². The van der Waals surface area contributed by atoms with Crippen LogP contribution >= 0.6 is 0 Å². The minimum atomic E-state index is -0.458. The van der Waals surface area contributed by atoms with Gasteiger partial charge in [0, 0.05) is 18.9 Å². The molecule has 6 nitrogen and oxygen atoms in total. The minimum Gasteiger partial charge on any atom is -0.368 e. The molecule has 1 aromatic rings. The third kappa shape index (κ3) is 3.72. The van der Waals surface area contributed by atoms with Crippen molar-refractivity contribution in [1.29, 1.82) is 5.26 Å².